The fraction of sp³-hybridized carbons (Fsp3) is 0.455. The molecule has 0 amide bonds. The van der Waals surface area contributed by atoms with Crippen LogP contribution in [0.5, 0.6) is 0 Å². The van der Waals surface area contributed by atoms with Crippen LogP contribution in [0.1, 0.15) is 5.82 Å². The van der Waals surface area contributed by atoms with Gasteiger partial charge in [0.05, 0.1) is 18.7 Å². The van der Waals surface area contributed by atoms with Crippen LogP contribution in [0, 0.1) is 6.92 Å². The lowest BCUT2D eigenvalue weighted by atomic mass is 10.3. The largest absolute Gasteiger partial charge is 0.378 e. The van der Waals surface area contributed by atoms with Crippen molar-refractivity contribution in [2.45, 2.75) is 6.92 Å². The zero-order valence-electron chi connectivity index (χ0n) is 9.23. The van der Waals surface area contributed by atoms with Crippen molar-refractivity contribution in [2.24, 2.45) is 0 Å². The van der Waals surface area contributed by atoms with Gasteiger partial charge >= 0.3 is 0 Å². The Balaban J connectivity index is 2.09. The Labute approximate surface area is 93.5 Å². The number of morpholine rings is 1. The van der Waals surface area contributed by atoms with E-state index in [1.54, 1.807) is 0 Å². The molecular weight excluding hydrogens is 204 g/mol. The second kappa shape index (κ2) is 3.75. The van der Waals surface area contributed by atoms with Gasteiger partial charge in [0.2, 0.25) is 0 Å². The Morgan fingerprint density at radius 1 is 1.31 bits per heavy atom. The van der Waals surface area contributed by atoms with Crippen LogP contribution in [0.25, 0.3) is 11.0 Å². The van der Waals surface area contributed by atoms with Gasteiger partial charge in [0.25, 0.3) is 0 Å². The van der Waals surface area contributed by atoms with Crippen molar-refractivity contribution < 1.29 is 4.74 Å². The normalized spacial score (nSPS) is 16.9. The van der Waals surface area contributed by atoms with E-state index in [-0.39, 0.29) is 0 Å². The van der Waals surface area contributed by atoms with E-state index in [1.165, 1.54) is 0 Å². The van der Waals surface area contributed by atoms with Crippen molar-refractivity contribution in [1.29, 1.82) is 0 Å². The Bertz CT molecular complexity index is 502. The molecule has 2 aromatic rings. The molecule has 1 aliphatic heterocycles. The molecule has 84 valence electrons. The summed E-state index contributed by atoms with van der Waals surface area (Å²) in [5, 5.41) is 0. The fourth-order valence-electron chi connectivity index (χ4n) is 2.05. The molecule has 0 radical (unpaired) electrons. The van der Waals surface area contributed by atoms with Gasteiger partial charge in [-0.15, -0.1) is 0 Å². The lowest BCUT2D eigenvalue weighted by molar-refractivity contribution is 0.122. The maximum absolute atomic E-state index is 5.35. The van der Waals surface area contributed by atoms with Gasteiger partial charge in [-0.3, -0.25) is 0 Å². The first-order valence-electron chi connectivity index (χ1n) is 5.49. The second-order valence-electron chi connectivity index (χ2n) is 3.93. The molecule has 3 rings (SSSR count). The molecule has 1 aliphatic rings. The summed E-state index contributed by atoms with van der Waals surface area (Å²) in [4.78, 5) is 14.4. The van der Waals surface area contributed by atoms with Crippen LogP contribution in [0.15, 0.2) is 12.3 Å². The second-order valence-corrected chi connectivity index (χ2v) is 3.93. The Morgan fingerprint density at radius 3 is 2.94 bits per heavy atom. The molecule has 1 N–H and O–H groups in total. The number of aryl methyl sites for hydroxylation is 1. The minimum absolute atomic E-state index is 0.769. The summed E-state index contributed by atoms with van der Waals surface area (Å²) in [6.45, 7) is 5.25. The number of nitrogens with zero attached hydrogens (tertiary/aromatic N) is 3. The molecule has 1 saturated heterocycles. The number of hydrogen-bond donors (Lipinski definition) is 1. The van der Waals surface area contributed by atoms with E-state index in [4.69, 9.17) is 4.74 Å². The van der Waals surface area contributed by atoms with Gasteiger partial charge in [0, 0.05) is 19.3 Å². The summed E-state index contributed by atoms with van der Waals surface area (Å²) in [7, 11) is 0. The number of nitrogens with one attached hydrogen (secondary N) is 1. The van der Waals surface area contributed by atoms with E-state index < -0.39 is 0 Å². The molecule has 0 unspecified atom stereocenters. The van der Waals surface area contributed by atoms with Crippen LogP contribution in [0.3, 0.4) is 0 Å². The first kappa shape index (κ1) is 9.59. The molecule has 0 aromatic carbocycles. The molecule has 0 atom stereocenters. The van der Waals surface area contributed by atoms with Gasteiger partial charge in [-0.2, -0.15) is 0 Å². The van der Waals surface area contributed by atoms with E-state index >= 15 is 0 Å². The summed E-state index contributed by atoms with van der Waals surface area (Å²) in [6.07, 6.45) is 1.91. The van der Waals surface area contributed by atoms with Crippen LogP contribution >= 0.6 is 0 Å². The van der Waals surface area contributed by atoms with E-state index in [0.717, 1.165) is 49.0 Å². The first-order valence-corrected chi connectivity index (χ1v) is 5.49. The molecule has 3 heterocycles. The predicted molar refractivity (Wildman–Crippen MR) is 61.7 cm³/mol. The van der Waals surface area contributed by atoms with E-state index in [2.05, 4.69) is 19.9 Å². The van der Waals surface area contributed by atoms with Gasteiger partial charge in [0.15, 0.2) is 5.82 Å². The van der Waals surface area contributed by atoms with E-state index in [1.807, 2.05) is 19.2 Å². The summed E-state index contributed by atoms with van der Waals surface area (Å²) in [5.74, 6) is 1.81. The monoisotopic (exact) mass is 218 g/mol. The third kappa shape index (κ3) is 1.53. The lowest BCUT2D eigenvalue weighted by Gasteiger charge is -2.28. The highest BCUT2D eigenvalue weighted by Crippen LogP contribution is 2.22. The van der Waals surface area contributed by atoms with Crippen molar-refractivity contribution in [3.05, 3.63) is 18.1 Å². The summed E-state index contributed by atoms with van der Waals surface area (Å²) in [5.41, 5.74) is 2.00. The number of H-pyrrole nitrogens is 1. The molecule has 5 heteroatoms. The molecular formula is C11H14N4O. The standard InChI is InChI=1S/C11H14N4O/c1-8-13-9-2-3-12-10(9)11(14-8)15-4-6-16-7-5-15/h2-3,12H,4-7H2,1H3. The van der Waals surface area contributed by atoms with Gasteiger partial charge in [0.1, 0.15) is 11.3 Å². The number of aromatic amines is 1. The minimum atomic E-state index is 0.769. The predicted octanol–water partition coefficient (Wildman–Crippen LogP) is 1.10. The highest BCUT2D eigenvalue weighted by Gasteiger charge is 2.16. The zero-order valence-corrected chi connectivity index (χ0v) is 9.23. The average molecular weight is 218 g/mol. The maximum atomic E-state index is 5.35. The zero-order chi connectivity index (χ0) is 11.0. The number of aromatic nitrogens is 3. The molecule has 0 bridgehead atoms. The molecule has 0 saturated carbocycles. The van der Waals surface area contributed by atoms with E-state index in [9.17, 15) is 0 Å². The van der Waals surface area contributed by atoms with Crippen molar-refractivity contribution in [2.75, 3.05) is 31.2 Å². The number of rotatable bonds is 1. The van der Waals surface area contributed by atoms with Crippen molar-refractivity contribution in [3.63, 3.8) is 0 Å². The lowest BCUT2D eigenvalue weighted by Crippen LogP contribution is -2.37. The van der Waals surface area contributed by atoms with Gasteiger partial charge in [-0.1, -0.05) is 0 Å². The minimum Gasteiger partial charge on any atom is -0.378 e. The van der Waals surface area contributed by atoms with Crippen molar-refractivity contribution in [3.8, 4) is 0 Å². The Morgan fingerprint density at radius 2 is 2.12 bits per heavy atom. The third-order valence-corrected chi connectivity index (χ3v) is 2.81. The molecule has 16 heavy (non-hydrogen) atoms. The smallest absolute Gasteiger partial charge is 0.156 e. The molecule has 0 aliphatic carbocycles. The van der Waals surface area contributed by atoms with Crippen LogP contribution in [0.2, 0.25) is 0 Å². The summed E-state index contributed by atoms with van der Waals surface area (Å²) in [6, 6.07) is 1.98. The fourth-order valence-corrected chi connectivity index (χ4v) is 2.05. The SMILES string of the molecule is Cc1nc(N2CCOCC2)c2[nH]ccc2n1. The first-order chi connectivity index (χ1) is 7.84. The quantitative estimate of drug-likeness (QED) is 0.778. The van der Waals surface area contributed by atoms with E-state index in [0.29, 0.717) is 0 Å². The van der Waals surface area contributed by atoms with Crippen LogP contribution in [0.4, 0.5) is 5.82 Å². The number of hydrogen-bond acceptors (Lipinski definition) is 4. The van der Waals surface area contributed by atoms with Crippen molar-refractivity contribution >= 4 is 16.9 Å². The maximum Gasteiger partial charge on any atom is 0.156 e. The molecule has 5 nitrogen and oxygen atoms in total. The topological polar surface area (TPSA) is 54.0 Å². The van der Waals surface area contributed by atoms with Gasteiger partial charge < -0.3 is 14.6 Å². The van der Waals surface area contributed by atoms with Crippen molar-refractivity contribution in [1.82, 2.24) is 15.0 Å². The van der Waals surface area contributed by atoms with Crippen LogP contribution < -0.4 is 4.90 Å². The Kier molecular flexibility index (Phi) is 2.25. The summed E-state index contributed by atoms with van der Waals surface area (Å²) >= 11 is 0. The highest BCUT2D eigenvalue weighted by atomic mass is 16.5. The molecule has 0 spiro atoms. The molecule has 2 aromatic heterocycles. The number of ether oxygens (including phenoxy) is 1. The molecule has 1 fully saturated rings. The number of anilines is 1. The number of fused-ring (bicyclic) bond motifs is 1. The third-order valence-electron chi connectivity index (χ3n) is 2.81. The highest BCUT2D eigenvalue weighted by molar-refractivity contribution is 5.86. The average Bonchev–Trinajstić information content (AvgIpc) is 2.77. The van der Waals surface area contributed by atoms with Gasteiger partial charge in [-0.05, 0) is 13.0 Å². The van der Waals surface area contributed by atoms with Crippen LogP contribution in [-0.2, 0) is 4.74 Å². The van der Waals surface area contributed by atoms with Crippen LogP contribution in [-0.4, -0.2) is 41.3 Å². The Hall–Kier alpha value is -1.62. The summed E-state index contributed by atoms with van der Waals surface area (Å²) < 4.78 is 5.35. The van der Waals surface area contributed by atoms with Gasteiger partial charge in [-0.25, -0.2) is 9.97 Å².